The molecule has 2 aromatic carbocycles. The van der Waals surface area contributed by atoms with Crippen LogP contribution in [-0.2, 0) is 13.0 Å². The molecule has 0 aliphatic carbocycles. The van der Waals surface area contributed by atoms with E-state index >= 15 is 0 Å². The molecular weight excluding hydrogens is 258 g/mol. The fourth-order valence-electron chi connectivity index (χ4n) is 2.69. The molecule has 3 nitrogen and oxygen atoms in total. The first-order valence-corrected chi connectivity index (χ1v) is 7.43. The summed E-state index contributed by atoms with van der Waals surface area (Å²) in [5.74, 6) is 1.15. The van der Waals surface area contributed by atoms with Gasteiger partial charge in [0.15, 0.2) is 0 Å². The predicted molar refractivity (Wildman–Crippen MR) is 87.6 cm³/mol. The number of para-hydroxylation sites is 2. The van der Waals surface area contributed by atoms with Crippen LogP contribution in [0.1, 0.15) is 17.0 Å². The second-order valence-electron chi connectivity index (χ2n) is 5.38. The zero-order valence-corrected chi connectivity index (χ0v) is 12.6. The van der Waals surface area contributed by atoms with Crippen LogP contribution >= 0.6 is 0 Å². The number of aromatic nitrogens is 2. The van der Waals surface area contributed by atoms with Crippen molar-refractivity contribution in [2.24, 2.45) is 0 Å². The van der Waals surface area contributed by atoms with Crippen molar-refractivity contribution in [2.75, 3.05) is 13.6 Å². The summed E-state index contributed by atoms with van der Waals surface area (Å²) in [6, 6.07) is 16.9. The molecule has 3 aromatic rings. The summed E-state index contributed by atoms with van der Waals surface area (Å²) in [4.78, 5) is 4.80. The van der Waals surface area contributed by atoms with Crippen LogP contribution in [0.2, 0.25) is 0 Å². The zero-order valence-electron chi connectivity index (χ0n) is 12.6. The summed E-state index contributed by atoms with van der Waals surface area (Å²) in [5, 5.41) is 3.21. The third kappa shape index (κ3) is 2.83. The van der Waals surface area contributed by atoms with Crippen LogP contribution in [0.5, 0.6) is 0 Å². The van der Waals surface area contributed by atoms with Gasteiger partial charge in [0.1, 0.15) is 5.82 Å². The zero-order chi connectivity index (χ0) is 14.7. The van der Waals surface area contributed by atoms with E-state index in [1.807, 2.05) is 7.05 Å². The third-order valence-electron chi connectivity index (χ3n) is 3.92. The van der Waals surface area contributed by atoms with E-state index < -0.39 is 0 Å². The van der Waals surface area contributed by atoms with Gasteiger partial charge in [0, 0.05) is 19.5 Å². The number of nitrogens with zero attached hydrogens (tertiary/aromatic N) is 2. The molecule has 1 aromatic heterocycles. The fraction of sp³-hybridized carbons (Fsp3) is 0.278. The number of likely N-dealkylation sites (N-methyl/N-ethyl adjacent to an activating group) is 1. The number of imidazole rings is 1. The fourth-order valence-corrected chi connectivity index (χ4v) is 2.69. The molecule has 0 unspecified atom stereocenters. The maximum absolute atomic E-state index is 4.80. The van der Waals surface area contributed by atoms with Gasteiger partial charge in [-0.1, -0.05) is 36.4 Å². The number of hydrogen-bond donors (Lipinski definition) is 1. The van der Waals surface area contributed by atoms with Gasteiger partial charge in [0.25, 0.3) is 0 Å². The molecular formula is C18H21N3. The molecule has 0 saturated heterocycles. The lowest BCUT2D eigenvalue weighted by molar-refractivity contribution is 0.694. The van der Waals surface area contributed by atoms with Crippen molar-refractivity contribution in [1.82, 2.24) is 14.9 Å². The van der Waals surface area contributed by atoms with Gasteiger partial charge >= 0.3 is 0 Å². The lowest BCUT2D eigenvalue weighted by Crippen LogP contribution is -2.14. The number of fused-ring (bicyclic) bond motifs is 1. The normalized spacial score (nSPS) is 11.1. The van der Waals surface area contributed by atoms with Crippen LogP contribution in [-0.4, -0.2) is 23.1 Å². The van der Waals surface area contributed by atoms with Gasteiger partial charge in [-0.15, -0.1) is 0 Å². The smallest absolute Gasteiger partial charge is 0.111 e. The minimum absolute atomic E-state index is 0.881. The summed E-state index contributed by atoms with van der Waals surface area (Å²) in [6.45, 7) is 3.99. The Bertz CT molecular complexity index is 743. The highest BCUT2D eigenvalue weighted by Crippen LogP contribution is 2.19. The summed E-state index contributed by atoms with van der Waals surface area (Å²) in [7, 11) is 1.98. The molecule has 1 heterocycles. The first-order chi connectivity index (χ1) is 10.3. The Morgan fingerprint density at radius 1 is 1.05 bits per heavy atom. The van der Waals surface area contributed by atoms with Crippen molar-refractivity contribution in [3.05, 3.63) is 65.5 Å². The molecule has 0 aliphatic rings. The molecule has 21 heavy (non-hydrogen) atoms. The minimum atomic E-state index is 0.881. The maximum atomic E-state index is 4.80. The Kier molecular flexibility index (Phi) is 4.02. The SMILES string of the molecule is CNCCc1nc2ccccc2n1Cc1ccccc1C. The van der Waals surface area contributed by atoms with Gasteiger partial charge in [0.2, 0.25) is 0 Å². The molecule has 1 N–H and O–H groups in total. The lowest BCUT2D eigenvalue weighted by atomic mass is 10.1. The largest absolute Gasteiger partial charge is 0.323 e. The Morgan fingerprint density at radius 2 is 1.81 bits per heavy atom. The second-order valence-corrected chi connectivity index (χ2v) is 5.38. The molecule has 0 aliphatic heterocycles. The van der Waals surface area contributed by atoms with Crippen LogP contribution in [0.3, 0.4) is 0 Å². The molecule has 108 valence electrons. The predicted octanol–water partition coefficient (Wildman–Crippen LogP) is 3.15. The van der Waals surface area contributed by atoms with Gasteiger partial charge < -0.3 is 9.88 Å². The third-order valence-corrected chi connectivity index (χ3v) is 3.92. The average Bonchev–Trinajstić information content (AvgIpc) is 2.85. The molecule has 0 radical (unpaired) electrons. The summed E-state index contributed by atoms with van der Waals surface area (Å²) in [6.07, 6.45) is 0.942. The minimum Gasteiger partial charge on any atom is -0.323 e. The molecule has 3 heteroatoms. The van der Waals surface area contributed by atoms with Gasteiger partial charge in [0.05, 0.1) is 11.0 Å². The van der Waals surface area contributed by atoms with E-state index in [-0.39, 0.29) is 0 Å². The topological polar surface area (TPSA) is 29.9 Å². The molecule has 0 spiro atoms. The Hall–Kier alpha value is -2.13. The molecule has 0 fully saturated rings. The van der Waals surface area contributed by atoms with E-state index in [1.54, 1.807) is 0 Å². The van der Waals surface area contributed by atoms with E-state index in [1.165, 1.54) is 16.6 Å². The van der Waals surface area contributed by atoms with E-state index in [0.717, 1.165) is 30.9 Å². The van der Waals surface area contributed by atoms with Crippen molar-refractivity contribution in [1.29, 1.82) is 0 Å². The molecule has 0 saturated carbocycles. The van der Waals surface area contributed by atoms with Gasteiger partial charge in [-0.2, -0.15) is 0 Å². The van der Waals surface area contributed by atoms with Gasteiger partial charge in [-0.3, -0.25) is 0 Å². The van der Waals surface area contributed by atoms with E-state index in [4.69, 9.17) is 4.98 Å². The van der Waals surface area contributed by atoms with Crippen molar-refractivity contribution in [3.8, 4) is 0 Å². The molecule has 0 bridgehead atoms. The quantitative estimate of drug-likeness (QED) is 0.777. The van der Waals surface area contributed by atoms with E-state index in [0.29, 0.717) is 0 Å². The highest BCUT2D eigenvalue weighted by molar-refractivity contribution is 5.76. The summed E-state index contributed by atoms with van der Waals surface area (Å²) in [5.41, 5.74) is 4.98. The number of rotatable bonds is 5. The van der Waals surface area contributed by atoms with Crippen molar-refractivity contribution in [2.45, 2.75) is 19.9 Å². The first kappa shape index (κ1) is 13.8. The highest BCUT2D eigenvalue weighted by atomic mass is 15.1. The van der Waals surface area contributed by atoms with E-state index in [9.17, 15) is 0 Å². The van der Waals surface area contributed by atoms with Crippen LogP contribution in [0.25, 0.3) is 11.0 Å². The van der Waals surface area contributed by atoms with Crippen LogP contribution in [0, 0.1) is 6.92 Å². The number of nitrogens with one attached hydrogen (secondary N) is 1. The highest BCUT2D eigenvalue weighted by Gasteiger charge is 2.11. The monoisotopic (exact) mass is 279 g/mol. The molecule has 0 amide bonds. The van der Waals surface area contributed by atoms with Crippen molar-refractivity contribution < 1.29 is 0 Å². The average molecular weight is 279 g/mol. The Labute approximate surface area is 125 Å². The second kappa shape index (κ2) is 6.10. The van der Waals surface area contributed by atoms with Gasteiger partial charge in [-0.05, 0) is 37.2 Å². The standard InChI is InChI=1S/C18H21N3/c1-14-7-3-4-8-15(14)13-21-17-10-6-5-9-16(17)20-18(21)11-12-19-2/h3-10,19H,11-13H2,1-2H3. The van der Waals surface area contributed by atoms with Crippen LogP contribution in [0.15, 0.2) is 48.5 Å². The summed E-state index contributed by atoms with van der Waals surface area (Å²) >= 11 is 0. The summed E-state index contributed by atoms with van der Waals surface area (Å²) < 4.78 is 2.34. The maximum Gasteiger partial charge on any atom is 0.111 e. The lowest BCUT2D eigenvalue weighted by Gasteiger charge is -2.11. The van der Waals surface area contributed by atoms with Crippen molar-refractivity contribution >= 4 is 11.0 Å². The number of benzene rings is 2. The Morgan fingerprint density at radius 3 is 2.62 bits per heavy atom. The first-order valence-electron chi connectivity index (χ1n) is 7.43. The Balaban J connectivity index is 2.04. The number of aryl methyl sites for hydroxylation is 1. The van der Waals surface area contributed by atoms with Crippen LogP contribution < -0.4 is 5.32 Å². The molecule has 3 rings (SSSR count). The molecule has 0 atom stereocenters. The van der Waals surface area contributed by atoms with Crippen LogP contribution in [0.4, 0.5) is 0 Å². The number of hydrogen-bond acceptors (Lipinski definition) is 2. The van der Waals surface area contributed by atoms with Crippen molar-refractivity contribution in [3.63, 3.8) is 0 Å². The van der Waals surface area contributed by atoms with E-state index in [2.05, 4.69) is 65.3 Å². The van der Waals surface area contributed by atoms with Gasteiger partial charge in [-0.25, -0.2) is 4.98 Å².